The molecule has 7 heteroatoms. The van der Waals surface area contributed by atoms with E-state index in [4.69, 9.17) is 18.9 Å². The van der Waals surface area contributed by atoms with Gasteiger partial charge in [0.05, 0.1) is 13.7 Å². The number of carbonyl (C=O) groups excluding carboxylic acids is 2. The zero-order valence-corrected chi connectivity index (χ0v) is 14.7. The lowest BCUT2D eigenvalue weighted by Gasteiger charge is -2.09. The van der Waals surface area contributed by atoms with Crippen LogP contribution in [0.4, 0.5) is 5.69 Å². The van der Waals surface area contributed by atoms with Crippen LogP contribution in [0.25, 0.3) is 0 Å². The molecule has 0 aliphatic rings. The molecule has 1 amide bonds. The van der Waals surface area contributed by atoms with Crippen LogP contribution in [0.3, 0.4) is 0 Å². The summed E-state index contributed by atoms with van der Waals surface area (Å²) in [6.07, 6.45) is 0. The molecule has 0 heterocycles. The molecule has 2 aromatic carbocycles. The maximum atomic E-state index is 11.8. The Hall–Kier alpha value is -3.22. The molecular formula is C19H21NO6. The summed E-state index contributed by atoms with van der Waals surface area (Å²) in [4.78, 5) is 23.4. The van der Waals surface area contributed by atoms with Crippen LogP contribution in [0.5, 0.6) is 17.2 Å². The minimum atomic E-state index is -0.636. The van der Waals surface area contributed by atoms with Crippen molar-refractivity contribution in [2.24, 2.45) is 0 Å². The first-order valence-electron chi connectivity index (χ1n) is 8.06. The molecule has 0 saturated heterocycles. The number of rotatable bonds is 9. The first kappa shape index (κ1) is 19.1. The fourth-order valence-electron chi connectivity index (χ4n) is 2.00. The summed E-state index contributed by atoms with van der Waals surface area (Å²) >= 11 is 0. The van der Waals surface area contributed by atoms with Gasteiger partial charge in [0.2, 0.25) is 0 Å². The van der Waals surface area contributed by atoms with E-state index in [1.165, 1.54) is 0 Å². The van der Waals surface area contributed by atoms with Gasteiger partial charge in [0.1, 0.15) is 17.2 Å². The summed E-state index contributed by atoms with van der Waals surface area (Å²) in [6.45, 7) is 1.78. The molecule has 0 saturated carbocycles. The summed E-state index contributed by atoms with van der Waals surface area (Å²) in [5.41, 5.74) is 0.587. The van der Waals surface area contributed by atoms with Gasteiger partial charge in [0.15, 0.2) is 13.2 Å². The molecule has 2 aromatic rings. The zero-order valence-electron chi connectivity index (χ0n) is 14.7. The molecule has 0 bridgehead atoms. The number of esters is 1. The van der Waals surface area contributed by atoms with Crippen LogP contribution in [0, 0.1) is 0 Å². The van der Waals surface area contributed by atoms with E-state index in [0.717, 1.165) is 0 Å². The summed E-state index contributed by atoms with van der Waals surface area (Å²) in [7, 11) is 1.56. The molecule has 0 radical (unpaired) electrons. The van der Waals surface area contributed by atoms with E-state index in [1.54, 1.807) is 55.6 Å². The standard InChI is InChI=1S/C19H21NO6/c1-3-24-16-6-4-14(5-7-16)20-18(21)12-26-19(22)13-25-17-10-8-15(23-2)9-11-17/h4-11H,3,12-13H2,1-2H3,(H,20,21). The Kier molecular flexibility index (Phi) is 7.30. The number of nitrogens with one attached hydrogen (secondary N) is 1. The van der Waals surface area contributed by atoms with Crippen molar-refractivity contribution < 1.29 is 28.5 Å². The van der Waals surface area contributed by atoms with Gasteiger partial charge in [-0.2, -0.15) is 0 Å². The van der Waals surface area contributed by atoms with Crippen molar-refractivity contribution in [1.29, 1.82) is 0 Å². The molecule has 0 aliphatic heterocycles. The Morgan fingerprint density at radius 2 is 1.42 bits per heavy atom. The Bertz CT molecular complexity index is 712. The topological polar surface area (TPSA) is 83.1 Å². The summed E-state index contributed by atoms with van der Waals surface area (Å²) in [5.74, 6) is 0.828. The molecule has 0 aromatic heterocycles. The lowest BCUT2D eigenvalue weighted by molar-refractivity contribution is -0.149. The third-order valence-electron chi connectivity index (χ3n) is 3.23. The molecule has 0 unspecified atom stereocenters. The van der Waals surface area contributed by atoms with Gasteiger partial charge in [-0.15, -0.1) is 0 Å². The van der Waals surface area contributed by atoms with Gasteiger partial charge >= 0.3 is 5.97 Å². The van der Waals surface area contributed by atoms with Crippen LogP contribution in [-0.4, -0.2) is 38.8 Å². The lowest BCUT2D eigenvalue weighted by Crippen LogP contribution is -2.23. The van der Waals surface area contributed by atoms with Crippen LogP contribution in [0.2, 0.25) is 0 Å². The van der Waals surface area contributed by atoms with Crippen LogP contribution in [0.1, 0.15) is 6.92 Å². The molecule has 138 valence electrons. The maximum absolute atomic E-state index is 11.8. The van der Waals surface area contributed by atoms with E-state index in [9.17, 15) is 9.59 Å². The molecule has 0 aliphatic carbocycles. The van der Waals surface area contributed by atoms with Gasteiger partial charge in [-0.25, -0.2) is 4.79 Å². The normalized spacial score (nSPS) is 9.92. The van der Waals surface area contributed by atoms with Gasteiger partial charge in [-0.3, -0.25) is 4.79 Å². The Balaban J connectivity index is 1.69. The number of amides is 1. The Morgan fingerprint density at radius 1 is 0.846 bits per heavy atom. The molecule has 0 spiro atoms. The van der Waals surface area contributed by atoms with E-state index >= 15 is 0 Å². The van der Waals surface area contributed by atoms with E-state index in [1.807, 2.05) is 6.92 Å². The lowest BCUT2D eigenvalue weighted by atomic mass is 10.3. The highest BCUT2D eigenvalue weighted by Gasteiger charge is 2.09. The van der Waals surface area contributed by atoms with Gasteiger partial charge in [-0.1, -0.05) is 0 Å². The largest absolute Gasteiger partial charge is 0.497 e. The predicted molar refractivity (Wildman–Crippen MR) is 95.7 cm³/mol. The number of hydrogen-bond acceptors (Lipinski definition) is 6. The van der Waals surface area contributed by atoms with Gasteiger partial charge < -0.3 is 24.3 Å². The number of hydrogen-bond donors (Lipinski definition) is 1. The highest BCUT2D eigenvalue weighted by atomic mass is 16.6. The van der Waals surface area contributed by atoms with Gasteiger partial charge in [0.25, 0.3) is 5.91 Å². The van der Waals surface area contributed by atoms with Crippen molar-refractivity contribution in [3.8, 4) is 17.2 Å². The van der Waals surface area contributed by atoms with Crippen molar-refractivity contribution >= 4 is 17.6 Å². The Morgan fingerprint density at radius 3 is 2.04 bits per heavy atom. The zero-order chi connectivity index (χ0) is 18.8. The second-order valence-corrected chi connectivity index (χ2v) is 5.13. The van der Waals surface area contributed by atoms with Crippen LogP contribution < -0.4 is 19.5 Å². The van der Waals surface area contributed by atoms with Crippen molar-refractivity contribution in [3.05, 3.63) is 48.5 Å². The molecule has 7 nitrogen and oxygen atoms in total. The third kappa shape index (κ3) is 6.35. The first-order valence-corrected chi connectivity index (χ1v) is 8.06. The molecule has 26 heavy (non-hydrogen) atoms. The monoisotopic (exact) mass is 359 g/mol. The van der Waals surface area contributed by atoms with Crippen LogP contribution in [-0.2, 0) is 14.3 Å². The molecule has 0 fully saturated rings. The summed E-state index contributed by atoms with van der Waals surface area (Å²) in [5, 5.41) is 2.63. The minimum absolute atomic E-state index is 0.289. The van der Waals surface area contributed by atoms with Crippen LogP contribution in [0.15, 0.2) is 48.5 Å². The van der Waals surface area contributed by atoms with E-state index < -0.39 is 18.5 Å². The second kappa shape index (κ2) is 9.93. The number of carbonyl (C=O) groups is 2. The highest BCUT2D eigenvalue weighted by Crippen LogP contribution is 2.17. The smallest absolute Gasteiger partial charge is 0.344 e. The second-order valence-electron chi connectivity index (χ2n) is 5.13. The molecular weight excluding hydrogens is 338 g/mol. The fourth-order valence-corrected chi connectivity index (χ4v) is 2.00. The predicted octanol–water partition coefficient (Wildman–Crippen LogP) is 2.65. The van der Waals surface area contributed by atoms with Gasteiger partial charge in [0, 0.05) is 5.69 Å². The number of ether oxygens (including phenoxy) is 4. The van der Waals surface area contributed by atoms with E-state index in [2.05, 4.69) is 5.32 Å². The summed E-state index contributed by atoms with van der Waals surface area (Å²) < 4.78 is 20.5. The number of anilines is 1. The average Bonchev–Trinajstić information content (AvgIpc) is 2.67. The third-order valence-corrected chi connectivity index (χ3v) is 3.23. The molecule has 0 atom stereocenters. The number of benzene rings is 2. The number of methoxy groups -OCH3 is 1. The molecule has 2 rings (SSSR count). The van der Waals surface area contributed by atoms with Crippen molar-refractivity contribution in [2.75, 3.05) is 32.2 Å². The Labute approximate surface area is 151 Å². The van der Waals surface area contributed by atoms with E-state index in [-0.39, 0.29) is 6.61 Å². The van der Waals surface area contributed by atoms with Crippen molar-refractivity contribution in [1.82, 2.24) is 0 Å². The first-order chi connectivity index (χ1) is 12.6. The van der Waals surface area contributed by atoms with E-state index in [0.29, 0.717) is 29.5 Å². The minimum Gasteiger partial charge on any atom is -0.497 e. The fraction of sp³-hybridized carbons (Fsp3) is 0.263. The maximum Gasteiger partial charge on any atom is 0.344 e. The SMILES string of the molecule is CCOc1ccc(NC(=O)COC(=O)COc2ccc(OC)cc2)cc1. The molecule has 1 N–H and O–H groups in total. The van der Waals surface area contributed by atoms with Crippen molar-refractivity contribution in [2.45, 2.75) is 6.92 Å². The van der Waals surface area contributed by atoms with Crippen LogP contribution >= 0.6 is 0 Å². The highest BCUT2D eigenvalue weighted by molar-refractivity contribution is 5.92. The quantitative estimate of drug-likeness (QED) is 0.693. The summed E-state index contributed by atoms with van der Waals surface area (Å²) in [6, 6.07) is 13.7. The average molecular weight is 359 g/mol. The van der Waals surface area contributed by atoms with Crippen molar-refractivity contribution in [3.63, 3.8) is 0 Å². The van der Waals surface area contributed by atoms with Gasteiger partial charge in [-0.05, 0) is 55.5 Å².